The van der Waals surface area contributed by atoms with E-state index in [1.165, 1.54) is 0 Å². The molecular weight excluding hydrogens is 305 g/mol. The summed E-state index contributed by atoms with van der Waals surface area (Å²) in [5.41, 5.74) is 0.639. The standard InChI is InChI=1S/C18H20FN5/c1-12-21-23-24(22-12)18(14-6-4-10-20-11-14)16-9-8-13-5-2-3-7-15(13)17(16)19/h2-3,5,7-9,14,18,20H,4,6,10-11H2,1H3/t14?,18-/m0/s1. The van der Waals surface area contributed by atoms with Gasteiger partial charge in [0.2, 0.25) is 0 Å². The van der Waals surface area contributed by atoms with Gasteiger partial charge in [-0.25, -0.2) is 4.39 Å². The molecule has 0 spiro atoms. The van der Waals surface area contributed by atoms with Crippen LogP contribution in [0.25, 0.3) is 10.8 Å². The summed E-state index contributed by atoms with van der Waals surface area (Å²) in [6.45, 7) is 3.64. The maximum Gasteiger partial charge on any atom is 0.171 e. The van der Waals surface area contributed by atoms with Crippen molar-refractivity contribution in [1.82, 2.24) is 25.5 Å². The second kappa shape index (κ2) is 6.28. The molecule has 6 heteroatoms. The molecule has 124 valence electrons. The van der Waals surface area contributed by atoms with Gasteiger partial charge in [0.25, 0.3) is 0 Å². The van der Waals surface area contributed by atoms with Crippen molar-refractivity contribution in [2.24, 2.45) is 5.92 Å². The number of aromatic nitrogens is 4. The number of benzene rings is 2. The van der Waals surface area contributed by atoms with Gasteiger partial charge in [-0.1, -0.05) is 36.4 Å². The lowest BCUT2D eigenvalue weighted by atomic mass is 9.86. The third-order valence-corrected chi connectivity index (χ3v) is 4.77. The van der Waals surface area contributed by atoms with E-state index in [0.29, 0.717) is 16.8 Å². The Labute approximate surface area is 139 Å². The number of rotatable bonds is 3. The monoisotopic (exact) mass is 325 g/mol. The van der Waals surface area contributed by atoms with E-state index < -0.39 is 0 Å². The number of nitrogens with zero attached hydrogens (tertiary/aromatic N) is 4. The number of nitrogens with one attached hydrogen (secondary N) is 1. The Hall–Kier alpha value is -2.34. The summed E-state index contributed by atoms with van der Waals surface area (Å²) in [4.78, 5) is 1.58. The second-order valence-electron chi connectivity index (χ2n) is 6.40. The van der Waals surface area contributed by atoms with E-state index in [1.807, 2.05) is 36.4 Å². The minimum Gasteiger partial charge on any atom is -0.316 e. The van der Waals surface area contributed by atoms with Crippen molar-refractivity contribution in [3.8, 4) is 0 Å². The molecule has 5 nitrogen and oxygen atoms in total. The smallest absolute Gasteiger partial charge is 0.171 e. The van der Waals surface area contributed by atoms with Gasteiger partial charge >= 0.3 is 0 Å². The highest BCUT2D eigenvalue weighted by atomic mass is 19.1. The lowest BCUT2D eigenvalue weighted by Gasteiger charge is -2.30. The van der Waals surface area contributed by atoms with E-state index in [9.17, 15) is 0 Å². The zero-order valence-corrected chi connectivity index (χ0v) is 13.6. The van der Waals surface area contributed by atoms with Crippen molar-refractivity contribution in [3.63, 3.8) is 0 Å². The third-order valence-electron chi connectivity index (χ3n) is 4.77. The lowest BCUT2D eigenvalue weighted by molar-refractivity contribution is 0.256. The average Bonchev–Trinajstić information content (AvgIpc) is 3.04. The van der Waals surface area contributed by atoms with Crippen LogP contribution in [-0.2, 0) is 0 Å². The maximum absolute atomic E-state index is 15.3. The van der Waals surface area contributed by atoms with Crippen molar-refractivity contribution in [2.75, 3.05) is 13.1 Å². The van der Waals surface area contributed by atoms with Crippen LogP contribution in [0.1, 0.15) is 30.3 Å². The zero-order valence-electron chi connectivity index (χ0n) is 13.6. The molecule has 2 aromatic carbocycles. The summed E-state index contributed by atoms with van der Waals surface area (Å²) in [5, 5.41) is 17.5. The first-order valence-corrected chi connectivity index (χ1v) is 8.38. The summed E-state index contributed by atoms with van der Waals surface area (Å²) >= 11 is 0. The number of tetrazole rings is 1. The summed E-state index contributed by atoms with van der Waals surface area (Å²) in [6, 6.07) is 11.1. The van der Waals surface area contributed by atoms with E-state index >= 15 is 4.39 Å². The minimum absolute atomic E-state index is 0.182. The number of hydrogen-bond acceptors (Lipinski definition) is 4. The Kier molecular flexibility index (Phi) is 3.98. The topological polar surface area (TPSA) is 55.6 Å². The van der Waals surface area contributed by atoms with Crippen LogP contribution in [-0.4, -0.2) is 33.3 Å². The Balaban J connectivity index is 1.85. The normalized spacial score (nSPS) is 19.5. The van der Waals surface area contributed by atoms with E-state index in [4.69, 9.17) is 0 Å². The molecular formula is C18H20FN5. The Bertz CT molecular complexity index is 853. The molecule has 2 heterocycles. The van der Waals surface area contributed by atoms with Gasteiger partial charge in [0.05, 0.1) is 0 Å². The number of hydrogen-bond donors (Lipinski definition) is 1. The fraction of sp³-hybridized carbons (Fsp3) is 0.389. The molecule has 3 aromatic rings. The van der Waals surface area contributed by atoms with Crippen LogP contribution in [0.3, 0.4) is 0 Å². The molecule has 0 aliphatic carbocycles. The molecule has 4 rings (SSSR count). The zero-order chi connectivity index (χ0) is 16.5. The molecule has 1 aliphatic heterocycles. The van der Waals surface area contributed by atoms with Gasteiger partial charge in [-0.05, 0) is 42.8 Å². The highest BCUT2D eigenvalue weighted by Gasteiger charge is 2.31. The third kappa shape index (κ3) is 2.67. The Morgan fingerprint density at radius 3 is 2.88 bits per heavy atom. The molecule has 1 N–H and O–H groups in total. The van der Waals surface area contributed by atoms with E-state index in [1.54, 1.807) is 11.7 Å². The number of fused-ring (bicyclic) bond motifs is 1. The van der Waals surface area contributed by atoms with Crippen molar-refractivity contribution in [3.05, 3.63) is 53.6 Å². The predicted molar refractivity (Wildman–Crippen MR) is 90.2 cm³/mol. The lowest BCUT2D eigenvalue weighted by Crippen LogP contribution is -2.36. The van der Waals surface area contributed by atoms with Gasteiger partial charge in [0, 0.05) is 17.5 Å². The van der Waals surface area contributed by atoms with Crippen molar-refractivity contribution in [1.29, 1.82) is 0 Å². The first-order chi connectivity index (χ1) is 11.7. The van der Waals surface area contributed by atoms with Crippen LogP contribution in [0, 0.1) is 18.7 Å². The summed E-state index contributed by atoms with van der Waals surface area (Å²) in [7, 11) is 0. The first-order valence-electron chi connectivity index (χ1n) is 8.38. The second-order valence-corrected chi connectivity index (χ2v) is 6.40. The molecule has 0 radical (unpaired) electrons. The van der Waals surface area contributed by atoms with Crippen molar-refractivity contribution < 1.29 is 4.39 Å². The SMILES string of the molecule is Cc1nnn([C@H](c2ccc3ccccc3c2F)C2CCCNC2)n1. The first kappa shape index (κ1) is 15.2. The molecule has 0 bridgehead atoms. The number of piperidine rings is 1. The van der Waals surface area contributed by atoms with Crippen molar-refractivity contribution >= 4 is 10.8 Å². The quantitative estimate of drug-likeness (QED) is 0.804. The highest BCUT2D eigenvalue weighted by Crippen LogP contribution is 2.34. The molecule has 0 amide bonds. The van der Waals surface area contributed by atoms with Crippen LogP contribution in [0.5, 0.6) is 0 Å². The van der Waals surface area contributed by atoms with Crippen LogP contribution in [0.4, 0.5) is 4.39 Å². The summed E-state index contributed by atoms with van der Waals surface area (Å²) in [5.74, 6) is 0.659. The van der Waals surface area contributed by atoms with E-state index in [0.717, 1.165) is 31.3 Å². The summed E-state index contributed by atoms with van der Waals surface area (Å²) < 4.78 is 15.3. The predicted octanol–water partition coefficient (Wildman–Crippen LogP) is 2.86. The van der Waals surface area contributed by atoms with Gasteiger partial charge in [-0.3, -0.25) is 0 Å². The van der Waals surface area contributed by atoms with E-state index in [-0.39, 0.29) is 17.8 Å². The highest BCUT2D eigenvalue weighted by molar-refractivity contribution is 5.83. The van der Waals surface area contributed by atoms with Gasteiger partial charge in [0.15, 0.2) is 5.82 Å². The van der Waals surface area contributed by atoms with Gasteiger partial charge < -0.3 is 5.32 Å². The van der Waals surface area contributed by atoms with Crippen LogP contribution < -0.4 is 5.32 Å². The van der Waals surface area contributed by atoms with Crippen molar-refractivity contribution in [2.45, 2.75) is 25.8 Å². The van der Waals surface area contributed by atoms with Crippen LogP contribution in [0.15, 0.2) is 36.4 Å². The maximum atomic E-state index is 15.3. The van der Waals surface area contributed by atoms with Gasteiger partial charge in [-0.2, -0.15) is 4.80 Å². The van der Waals surface area contributed by atoms with E-state index in [2.05, 4.69) is 20.7 Å². The molecule has 24 heavy (non-hydrogen) atoms. The minimum atomic E-state index is -0.247. The largest absolute Gasteiger partial charge is 0.316 e. The molecule has 1 unspecified atom stereocenters. The van der Waals surface area contributed by atoms with Crippen LogP contribution >= 0.6 is 0 Å². The molecule has 1 aromatic heterocycles. The Morgan fingerprint density at radius 2 is 2.12 bits per heavy atom. The molecule has 1 saturated heterocycles. The Morgan fingerprint density at radius 1 is 1.25 bits per heavy atom. The summed E-state index contributed by atoms with van der Waals surface area (Å²) in [6.07, 6.45) is 2.09. The molecule has 1 fully saturated rings. The fourth-order valence-electron chi connectivity index (χ4n) is 3.61. The van der Waals surface area contributed by atoms with Gasteiger partial charge in [0.1, 0.15) is 11.9 Å². The van der Waals surface area contributed by atoms with Gasteiger partial charge in [-0.15, -0.1) is 10.2 Å². The molecule has 1 aliphatic rings. The average molecular weight is 325 g/mol. The molecule has 0 saturated carbocycles. The van der Waals surface area contributed by atoms with Crippen LogP contribution in [0.2, 0.25) is 0 Å². The number of aryl methyl sites for hydroxylation is 1. The fourth-order valence-corrected chi connectivity index (χ4v) is 3.61. The number of halogens is 1. The molecule has 2 atom stereocenters.